The maximum atomic E-state index is 12.2. The Morgan fingerprint density at radius 1 is 1.11 bits per heavy atom. The molecule has 0 radical (unpaired) electrons. The van der Waals surface area contributed by atoms with Crippen molar-refractivity contribution in [3.05, 3.63) is 24.3 Å². The summed E-state index contributed by atoms with van der Waals surface area (Å²) in [6.45, 7) is 9.59. The molecule has 1 aromatic rings. The zero-order valence-electron chi connectivity index (χ0n) is 17.1. The number of hydrogen-bond acceptors (Lipinski definition) is 5. The highest BCUT2D eigenvalue weighted by Gasteiger charge is 2.45. The second kappa shape index (κ2) is 8.96. The molecule has 0 amide bonds. The molecule has 2 aliphatic rings. The van der Waals surface area contributed by atoms with Crippen LogP contribution in [0.5, 0.6) is 5.75 Å². The zero-order chi connectivity index (χ0) is 19.3. The zero-order valence-corrected chi connectivity index (χ0v) is 17.1. The summed E-state index contributed by atoms with van der Waals surface area (Å²) >= 11 is 0. The third kappa shape index (κ3) is 4.57. The van der Waals surface area contributed by atoms with E-state index in [1.54, 1.807) is 7.11 Å². The molecule has 3 rings (SSSR count). The van der Waals surface area contributed by atoms with Crippen LogP contribution < -0.4 is 9.64 Å². The topological polar surface area (TPSA) is 42.0 Å². The summed E-state index contributed by atoms with van der Waals surface area (Å²) in [4.78, 5) is 17.2. The summed E-state index contributed by atoms with van der Waals surface area (Å²) in [7, 11) is 1.70. The second-order valence-corrected chi connectivity index (χ2v) is 7.89. The van der Waals surface area contributed by atoms with Crippen LogP contribution in [0.3, 0.4) is 0 Å². The van der Waals surface area contributed by atoms with Crippen LogP contribution in [0.1, 0.15) is 46.0 Å². The van der Waals surface area contributed by atoms with Crippen molar-refractivity contribution in [1.29, 1.82) is 0 Å². The molecule has 27 heavy (non-hydrogen) atoms. The van der Waals surface area contributed by atoms with E-state index in [9.17, 15) is 4.79 Å². The molecule has 5 heteroatoms. The van der Waals surface area contributed by atoms with Crippen LogP contribution in [0.2, 0.25) is 0 Å². The molecule has 0 bridgehead atoms. The van der Waals surface area contributed by atoms with Crippen molar-refractivity contribution in [1.82, 2.24) is 4.90 Å². The van der Waals surface area contributed by atoms with Gasteiger partial charge in [0, 0.05) is 38.3 Å². The summed E-state index contributed by atoms with van der Waals surface area (Å²) in [5.41, 5.74) is 1.05. The van der Waals surface area contributed by atoms with E-state index in [2.05, 4.69) is 35.8 Å². The van der Waals surface area contributed by atoms with Crippen LogP contribution in [0, 0.1) is 5.41 Å². The van der Waals surface area contributed by atoms with Crippen LogP contribution in [0.25, 0.3) is 0 Å². The van der Waals surface area contributed by atoms with Gasteiger partial charge in [-0.1, -0.05) is 13.8 Å². The van der Waals surface area contributed by atoms with Crippen molar-refractivity contribution in [2.75, 3.05) is 44.7 Å². The van der Waals surface area contributed by atoms with Gasteiger partial charge in [0.15, 0.2) is 0 Å². The normalized spacial score (nSPS) is 22.7. The first kappa shape index (κ1) is 20.0. The van der Waals surface area contributed by atoms with Gasteiger partial charge in [0.1, 0.15) is 11.9 Å². The number of nitrogens with zero attached hydrogens (tertiary/aromatic N) is 2. The number of piperazine rings is 1. The fraction of sp³-hybridized carbons (Fsp3) is 0.682. The predicted octanol–water partition coefficient (Wildman–Crippen LogP) is 3.72. The van der Waals surface area contributed by atoms with Gasteiger partial charge in [-0.25, -0.2) is 0 Å². The fourth-order valence-corrected chi connectivity index (χ4v) is 4.39. The molecule has 2 aliphatic heterocycles. The Kier molecular flexibility index (Phi) is 6.64. The molecule has 2 fully saturated rings. The van der Waals surface area contributed by atoms with Gasteiger partial charge < -0.3 is 14.4 Å². The summed E-state index contributed by atoms with van der Waals surface area (Å²) in [5.74, 6) is 0.936. The van der Waals surface area contributed by atoms with Crippen molar-refractivity contribution < 1.29 is 14.3 Å². The van der Waals surface area contributed by atoms with Gasteiger partial charge in [0.05, 0.1) is 12.5 Å². The molecule has 2 heterocycles. The number of hydrogen-bond donors (Lipinski definition) is 0. The van der Waals surface area contributed by atoms with Crippen molar-refractivity contribution in [3.63, 3.8) is 0 Å². The molecule has 1 aromatic carbocycles. The average Bonchev–Trinajstić information content (AvgIpc) is 3.04. The smallest absolute Gasteiger partial charge is 0.312 e. The number of cyclic esters (lactones) is 1. The maximum absolute atomic E-state index is 12.2. The Balaban J connectivity index is 1.38. The number of benzene rings is 1. The monoisotopic (exact) mass is 374 g/mol. The van der Waals surface area contributed by atoms with Crippen molar-refractivity contribution in [2.45, 2.75) is 52.1 Å². The van der Waals surface area contributed by atoms with E-state index in [0.29, 0.717) is 0 Å². The number of carbonyl (C=O) groups excluding carboxylic acids is 1. The molecule has 0 saturated carbocycles. The van der Waals surface area contributed by atoms with Crippen LogP contribution in [-0.2, 0) is 9.53 Å². The summed E-state index contributed by atoms with van der Waals surface area (Å²) in [5, 5.41) is 0. The summed E-state index contributed by atoms with van der Waals surface area (Å²) in [6.07, 6.45) is 4.91. The van der Waals surface area contributed by atoms with Gasteiger partial charge >= 0.3 is 5.97 Å². The molecule has 5 nitrogen and oxygen atoms in total. The number of anilines is 1. The highest BCUT2D eigenvalue weighted by atomic mass is 16.6. The maximum Gasteiger partial charge on any atom is 0.312 e. The van der Waals surface area contributed by atoms with Crippen molar-refractivity contribution in [2.24, 2.45) is 5.41 Å². The van der Waals surface area contributed by atoms with Gasteiger partial charge in [0.25, 0.3) is 0 Å². The van der Waals surface area contributed by atoms with E-state index in [0.717, 1.165) is 70.6 Å². The SMILES string of the molecule is CCC1(CC)CC(CCCN2CCN(c3ccc(OC)cc3)CC2)OC1=O. The van der Waals surface area contributed by atoms with Crippen molar-refractivity contribution >= 4 is 11.7 Å². The minimum Gasteiger partial charge on any atom is -0.497 e. The first-order chi connectivity index (χ1) is 13.1. The van der Waals surface area contributed by atoms with Gasteiger partial charge in [-0.2, -0.15) is 0 Å². The Hall–Kier alpha value is -1.75. The Morgan fingerprint density at radius 3 is 2.33 bits per heavy atom. The first-order valence-electron chi connectivity index (χ1n) is 10.4. The lowest BCUT2D eigenvalue weighted by molar-refractivity contribution is -0.149. The number of esters is 1. The van der Waals surface area contributed by atoms with E-state index in [-0.39, 0.29) is 17.5 Å². The first-order valence-corrected chi connectivity index (χ1v) is 10.4. The van der Waals surface area contributed by atoms with E-state index in [1.165, 1.54) is 5.69 Å². The minimum absolute atomic E-state index is 0.0330. The fourth-order valence-electron chi connectivity index (χ4n) is 4.39. The molecule has 0 N–H and O–H groups in total. The van der Waals surface area contributed by atoms with Crippen LogP contribution in [-0.4, -0.2) is 56.8 Å². The molecular weight excluding hydrogens is 340 g/mol. The Morgan fingerprint density at radius 2 is 1.78 bits per heavy atom. The third-order valence-corrected chi connectivity index (χ3v) is 6.49. The van der Waals surface area contributed by atoms with Crippen molar-refractivity contribution in [3.8, 4) is 5.75 Å². The number of carbonyl (C=O) groups is 1. The third-order valence-electron chi connectivity index (χ3n) is 6.49. The van der Waals surface area contributed by atoms with Crippen LogP contribution in [0.4, 0.5) is 5.69 Å². The molecule has 1 unspecified atom stereocenters. The van der Waals surface area contributed by atoms with Gasteiger partial charge in [-0.05, 0) is 56.5 Å². The predicted molar refractivity (Wildman–Crippen MR) is 108 cm³/mol. The van der Waals surface area contributed by atoms with Gasteiger partial charge in [-0.15, -0.1) is 0 Å². The number of ether oxygens (including phenoxy) is 2. The van der Waals surface area contributed by atoms with Crippen LogP contribution >= 0.6 is 0 Å². The number of methoxy groups -OCH3 is 1. The van der Waals surface area contributed by atoms with E-state index in [1.807, 2.05) is 12.1 Å². The molecule has 0 aliphatic carbocycles. The minimum atomic E-state index is -0.214. The molecular formula is C22H34N2O3. The van der Waals surface area contributed by atoms with Gasteiger partial charge in [-0.3, -0.25) is 9.69 Å². The van der Waals surface area contributed by atoms with Gasteiger partial charge in [0.2, 0.25) is 0 Å². The quantitative estimate of drug-likeness (QED) is 0.649. The highest BCUT2D eigenvalue weighted by molar-refractivity contribution is 5.78. The lowest BCUT2D eigenvalue weighted by atomic mass is 9.79. The molecule has 0 spiro atoms. The molecule has 1 atom stereocenters. The summed E-state index contributed by atoms with van der Waals surface area (Å²) < 4.78 is 10.9. The lowest BCUT2D eigenvalue weighted by Gasteiger charge is -2.36. The molecule has 150 valence electrons. The lowest BCUT2D eigenvalue weighted by Crippen LogP contribution is -2.46. The van der Waals surface area contributed by atoms with E-state index >= 15 is 0 Å². The Labute approximate surface area is 163 Å². The van der Waals surface area contributed by atoms with E-state index in [4.69, 9.17) is 9.47 Å². The molecule has 0 aromatic heterocycles. The highest BCUT2D eigenvalue weighted by Crippen LogP contribution is 2.41. The average molecular weight is 375 g/mol. The molecule has 2 saturated heterocycles. The van der Waals surface area contributed by atoms with Crippen LogP contribution in [0.15, 0.2) is 24.3 Å². The Bertz CT molecular complexity index is 604. The second-order valence-electron chi connectivity index (χ2n) is 7.89. The standard InChI is InChI=1S/C22H34N2O3/c1-4-22(5-2)17-20(27-21(22)25)7-6-12-23-13-15-24(16-14-23)18-8-10-19(26-3)11-9-18/h8-11,20H,4-7,12-17H2,1-3H3. The largest absolute Gasteiger partial charge is 0.497 e. The summed E-state index contributed by atoms with van der Waals surface area (Å²) in [6, 6.07) is 8.32. The van der Waals surface area contributed by atoms with E-state index < -0.39 is 0 Å². The number of rotatable bonds is 8.